The molecule has 5 heteroatoms. The van der Waals surface area contributed by atoms with Gasteiger partial charge in [-0.15, -0.1) is 0 Å². The molecule has 1 saturated carbocycles. The van der Waals surface area contributed by atoms with Gasteiger partial charge in [0.05, 0.1) is 5.54 Å². The Morgan fingerprint density at radius 1 is 1.00 bits per heavy atom. The first-order chi connectivity index (χ1) is 15.2. The molecule has 4 aliphatic rings. The highest BCUT2D eigenvalue weighted by Crippen LogP contribution is 2.41. The summed E-state index contributed by atoms with van der Waals surface area (Å²) in [4.78, 5) is 31.1. The Morgan fingerprint density at radius 3 is 2.65 bits per heavy atom. The van der Waals surface area contributed by atoms with Gasteiger partial charge in [-0.3, -0.25) is 9.59 Å². The number of hydrogen-bond acceptors (Lipinski definition) is 3. The first-order valence-corrected chi connectivity index (χ1v) is 12.6. The third-order valence-corrected chi connectivity index (χ3v) is 8.46. The van der Waals surface area contributed by atoms with Gasteiger partial charge in [0.2, 0.25) is 5.91 Å². The fourth-order valence-corrected chi connectivity index (χ4v) is 6.81. The van der Waals surface area contributed by atoms with E-state index in [1.807, 2.05) is 23.1 Å². The van der Waals surface area contributed by atoms with E-state index in [-0.39, 0.29) is 17.4 Å². The average molecular weight is 424 g/mol. The number of carbonyl (C=O) groups is 2. The van der Waals surface area contributed by atoms with Gasteiger partial charge >= 0.3 is 0 Å². The standard InChI is InChI=1S/C26H37N3O2/c30-24(27-18-20-10-8-16-28-15-7-4-12-23(20)28)17-26(13-5-1-6-14-26)29-19-21-9-2-3-11-22(21)25(29)31/h2-3,9,11,20,23H,1,4-8,10,12-19H2,(H,27,30)/t20-,23+/m0/s1. The average Bonchev–Trinajstić information content (AvgIpc) is 3.16. The van der Waals surface area contributed by atoms with E-state index >= 15 is 0 Å². The van der Waals surface area contributed by atoms with E-state index < -0.39 is 0 Å². The van der Waals surface area contributed by atoms with Crippen molar-refractivity contribution in [1.82, 2.24) is 15.1 Å². The van der Waals surface area contributed by atoms with E-state index in [4.69, 9.17) is 0 Å². The van der Waals surface area contributed by atoms with Crippen molar-refractivity contribution < 1.29 is 9.59 Å². The lowest BCUT2D eigenvalue weighted by Crippen LogP contribution is -2.54. The van der Waals surface area contributed by atoms with Crippen LogP contribution in [0.3, 0.4) is 0 Å². The maximum absolute atomic E-state index is 13.2. The molecule has 5 rings (SSSR count). The predicted molar refractivity (Wildman–Crippen MR) is 122 cm³/mol. The second-order valence-electron chi connectivity index (χ2n) is 10.3. The van der Waals surface area contributed by atoms with E-state index in [0.717, 1.165) is 43.4 Å². The smallest absolute Gasteiger partial charge is 0.254 e. The van der Waals surface area contributed by atoms with E-state index in [1.54, 1.807) is 0 Å². The lowest BCUT2D eigenvalue weighted by Gasteiger charge is -2.45. The molecule has 2 saturated heterocycles. The number of benzene rings is 1. The van der Waals surface area contributed by atoms with Gasteiger partial charge in [0, 0.05) is 31.1 Å². The normalized spacial score (nSPS) is 28.1. The number of fused-ring (bicyclic) bond motifs is 2. The highest BCUT2D eigenvalue weighted by molar-refractivity contribution is 5.99. The van der Waals surface area contributed by atoms with Crippen molar-refractivity contribution >= 4 is 11.8 Å². The molecular weight excluding hydrogens is 386 g/mol. The van der Waals surface area contributed by atoms with Gasteiger partial charge in [0.1, 0.15) is 0 Å². The number of hydrogen-bond donors (Lipinski definition) is 1. The second kappa shape index (κ2) is 8.93. The Kier molecular flexibility index (Phi) is 6.05. The van der Waals surface area contributed by atoms with Gasteiger partial charge in [-0.1, -0.05) is 43.9 Å². The second-order valence-corrected chi connectivity index (χ2v) is 10.3. The van der Waals surface area contributed by atoms with Crippen LogP contribution in [0.15, 0.2) is 24.3 Å². The highest BCUT2D eigenvalue weighted by Gasteiger charge is 2.45. The molecule has 5 nitrogen and oxygen atoms in total. The zero-order valence-electron chi connectivity index (χ0n) is 18.8. The number of nitrogens with zero attached hydrogens (tertiary/aromatic N) is 2. The topological polar surface area (TPSA) is 52.7 Å². The molecule has 0 bridgehead atoms. The molecule has 0 spiro atoms. The third-order valence-electron chi connectivity index (χ3n) is 8.46. The molecule has 31 heavy (non-hydrogen) atoms. The van der Waals surface area contributed by atoms with Crippen LogP contribution < -0.4 is 5.32 Å². The SMILES string of the molecule is O=C(CC1(N2Cc3ccccc3C2=O)CCCCC1)NC[C@@H]1CCCN2CCCC[C@H]12. The molecule has 3 heterocycles. The Morgan fingerprint density at radius 2 is 1.81 bits per heavy atom. The Hall–Kier alpha value is -1.88. The summed E-state index contributed by atoms with van der Waals surface area (Å²) in [5, 5.41) is 3.31. The van der Waals surface area contributed by atoms with Crippen LogP contribution in [0.2, 0.25) is 0 Å². The molecule has 1 aromatic rings. The van der Waals surface area contributed by atoms with Crippen LogP contribution in [0.4, 0.5) is 0 Å². The van der Waals surface area contributed by atoms with Gasteiger partial charge in [-0.2, -0.15) is 0 Å². The lowest BCUT2D eigenvalue weighted by atomic mass is 9.77. The molecule has 0 aromatic heterocycles. The molecule has 3 fully saturated rings. The van der Waals surface area contributed by atoms with Crippen LogP contribution in [-0.2, 0) is 11.3 Å². The van der Waals surface area contributed by atoms with Crippen LogP contribution in [0.25, 0.3) is 0 Å². The first kappa shape index (κ1) is 21.0. The van der Waals surface area contributed by atoms with Crippen LogP contribution in [0.1, 0.15) is 86.6 Å². The number of carbonyl (C=O) groups excluding carboxylic acids is 2. The molecule has 2 atom stereocenters. The quantitative estimate of drug-likeness (QED) is 0.775. The number of amides is 2. The molecule has 168 valence electrons. The monoisotopic (exact) mass is 423 g/mol. The minimum absolute atomic E-state index is 0.121. The summed E-state index contributed by atoms with van der Waals surface area (Å²) >= 11 is 0. The van der Waals surface area contributed by atoms with Crippen molar-refractivity contribution in [1.29, 1.82) is 0 Å². The van der Waals surface area contributed by atoms with Gasteiger partial charge in [-0.25, -0.2) is 0 Å². The zero-order valence-corrected chi connectivity index (χ0v) is 18.8. The molecule has 1 aromatic carbocycles. The van der Waals surface area contributed by atoms with E-state index in [2.05, 4.69) is 16.3 Å². The fraction of sp³-hybridized carbons (Fsp3) is 0.692. The number of nitrogens with one attached hydrogen (secondary N) is 1. The van der Waals surface area contributed by atoms with Crippen molar-refractivity contribution in [3.8, 4) is 0 Å². The van der Waals surface area contributed by atoms with Gasteiger partial charge in [0.25, 0.3) is 5.91 Å². The van der Waals surface area contributed by atoms with E-state index in [9.17, 15) is 9.59 Å². The van der Waals surface area contributed by atoms with Crippen molar-refractivity contribution in [2.24, 2.45) is 5.92 Å². The summed E-state index contributed by atoms with van der Waals surface area (Å²) in [6.07, 6.45) is 12.2. The number of piperidine rings is 2. The first-order valence-electron chi connectivity index (χ1n) is 12.6. The summed E-state index contributed by atoms with van der Waals surface area (Å²) in [7, 11) is 0. The van der Waals surface area contributed by atoms with Crippen LogP contribution in [-0.4, -0.2) is 52.8 Å². The summed E-state index contributed by atoms with van der Waals surface area (Å²) in [5.41, 5.74) is 1.62. The number of rotatable bonds is 5. The predicted octanol–water partition coefficient (Wildman–Crippen LogP) is 4.12. The maximum Gasteiger partial charge on any atom is 0.254 e. The highest BCUT2D eigenvalue weighted by atomic mass is 16.2. The largest absolute Gasteiger partial charge is 0.356 e. The minimum atomic E-state index is -0.318. The van der Waals surface area contributed by atoms with Crippen molar-refractivity contribution in [2.45, 2.75) is 88.8 Å². The van der Waals surface area contributed by atoms with Crippen LogP contribution in [0, 0.1) is 5.92 Å². The third kappa shape index (κ3) is 4.13. The van der Waals surface area contributed by atoms with Crippen LogP contribution in [0.5, 0.6) is 0 Å². The summed E-state index contributed by atoms with van der Waals surface area (Å²) in [6.45, 7) is 3.91. The van der Waals surface area contributed by atoms with E-state index in [1.165, 1.54) is 51.6 Å². The molecule has 0 unspecified atom stereocenters. The molecule has 1 N–H and O–H groups in total. The van der Waals surface area contributed by atoms with Crippen molar-refractivity contribution in [2.75, 3.05) is 19.6 Å². The minimum Gasteiger partial charge on any atom is -0.356 e. The van der Waals surface area contributed by atoms with Gasteiger partial charge < -0.3 is 15.1 Å². The molecule has 1 aliphatic carbocycles. The molecule has 0 radical (unpaired) electrons. The van der Waals surface area contributed by atoms with Crippen LogP contribution >= 0.6 is 0 Å². The lowest BCUT2D eigenvalue weighted by molar-refractivity contribution is -0.124. The summed E-state index contributed by atoms with van der Waals surface area (Å²) in [5.74, 6) is 0.840. The summed E-state index contributed by atoms with van der Waals surface area (Å²) in [6, 6.07) is 8.60. The molecule has 2 amide bonds. The van der Waals surface area contributed by atoms with Crippen molar-refractivity contribution in [3.63, 3.8) is 0 Å². The zero-order chi connectivity index (χ0) is 21.3. The van der Waals surface area contributed by atoms with Gasteiger partial charge in [-0.05, 0) is 69.2 Å². The summed E-state index contributed by atoms with van der Waals surface area (Å²) < 4.78 is 0. The van der Waals surface area contributed by atoms with Gasteiger partial charge in [0.15, 0.2) is 0 Å². The Balaban J connectivity index is 1.25. The maximum atomic E-state index is 13.2. The molecule has 3 aliphatic heterocycles. The molecular formula is C26H37N3O2. The van der Waals surface area contributed by atoms with Crippen molar-refractivity contribution in [3.05, 3.63) is 35.4 Å². The van der Waals surface area contributed by atoms with E-state index in [0.29, 0.717) is 24.9 Å². The Labute approximate surface area is 186 Å². The Bertz CT molecular complexity index is 815. The fourth-order valence-electron chi connectivity index (χ4n) is 6.81.